The standard InChI is InChI=1S/C32H36O6/c1-5-35-30(33)20-16-25-15-19-28(37-23-26-10-7-6-8-11-26)29(22-25)38-27-17-13-24(14-18-27)12-9-21-36-31(34)32(2,3)4/h6-15,17-19,22H,5,16,20-21,23H2,1-4H3/b12-9+. The Hall–Kier alpha value is -4.06. The fourth-order valence-electron chi connectivity index (χ4n) is 3.42. The fraction of sp³-hybridized carbons (Fsp3) is 0.312. The molecule has 38 heavy (non-hydrogen) atoms. The van der Waals surface area contributed by atoms with Crippen LogP contribution in [0.2, 0.25) is 0 Å². The van der Waals surface area contributed by atoms with Crippen LogP contribution >= 0.6 is 0 Å². The molecular weight excluding hydrogens is 480 g/mol. The molecule has 3 aromatic rings. The molecule has 0 radical (unpaired) electrons. The van der Waals surface area contributed by atoms with Gasteiger partial charge in [0.15, 0.2) is 11.5 Å². The highest BCUT2D eigenvalue weighted by atomic mass is 16.5. The number of esters is 2. The fourth-order valence-corrected chi connectivity index (χ4v) is 3.42. The van der Waals surface area contributed by atoms with Crippen molar-refractivity contribution in [2.75, 3.05) is 13.2 Å². The number of carbonyl (C=O) groups excluding carboxylic acids is 2. The van der Waals surface area contributed by atoms with Crippen molar-refractivity contribution < 1.29 is 28.5 Å². The number of aryl methyl sites for hydroxylation is 1. The van der Waals surface area contributed by atoms with Crippen molar-refractivity contribution in [3.05, 3.63) is 95.6 Å². The smallest absolute Gasteiger partial charge is 0.311 e. The summed E-state index contributed by atoms with van der Waals surface area (Å²) in [6, 6.07) is 23.2. The zero-order valence-electron chi connectivity index (χ0n) is 22.6. The number of rotatable bonds is 12. The van der Waals surface area contributed by atoms with Crippen LogP contribution in [0.5, 0.6) is 17.2 Å². The van der Waals surface area contributed by atoms with E-state index >= 15 is 0 Å². The van der Waals surface area contributed by atoms with Gasteiger partial charge in [-0.25, -0.2) is 0 Å². The lowest BCUT2D eigenvalue weighted by molar-refractivity contribution is -0.151. The van der Waals surface area contributed by atoms with E-state index in [4.69, 9.17) is 18.9 Å². The van der Waals surface area contributed by atoms with Crippen LogP contribution in [-0.2, 0) is 32.1 Å². The average molecular weight is 517 g/mol. The predicted molar refractivity (Wildman–Crippen MR) is 148 cm³/mol. The lowest BCUT2D eigenvalue weighted by Gasteiger charge is -2.15. The number of ether oxygens (including phenoxy) is 4. The van der Waals surface area contributed by atoms with Gasteiger partial charge < -0.3 is 18.9 Å². The molecule has 0 aliphatic carbocycles. The van der Waals surface area contributed by atoms with Gasteiger partial charge in [0.25, 0.3) is 0 Å². The maximum atomic E-state index is 11.9. The number of hydrogen-bond donors (Lipinski definition) is 0. The highest BCUT2D eigenvalue weighted by Crippen LogP contribution is 2.34. The first-order chi connectivity index (χ1) is 18.2. The highest BCUT2D eigenvalue weighted by molar-refractivity contribution is 5.75. The summed E-state index contributed by atoms with van der Waals surface area (Å²) in [4.78, 5) is 23.7. The van der Waals surface area contributed by atoms with Crippen LogP contribution < -0.4 is 9.47 Å². The minimum absolute atomic E-state index is 0.217. The topological polar surface area (TPSA) is 71.1 Å². The van der Waals surface area contributed by atoms with Gasteiger partial charge in [-0.05, 0) is 81.1 Å². The number of hydrogen-bond acceptors (Lipinski definition) is 6. The van der Waals surface area contributed by atoms with E-state index in [9.17, 15) is 9.59 Å². The molecule has 0 N–H and O–H groups in total. The van der Waals surface area contributed by atoms with Gasteiger partial charge >= 0.3 is 11.9 Å². The molecule has 0 atom stereocenters. The SMILES string of the molecule is CCOC(=O)CCc1ccc(OCc2ccccc2)c(Oc2ccc(/C=C/COC(=O)C(C)(C)C)cc2)c1. The molecule has 3 rings (SSSR count). The first-order valence-electron chi connectivity index (χ1n) is 12.8. The lowest BCUT2D eigenvalue weighted by Crippen LogP contribution is -2.22. The van der Waals surface area contributed by atoms with Crippen molar-refractivity contribution in [1.82, 2.24) is 0 Å². The van der Waals surface area contributed by atoms with E-state index < -0.39 is 5.41 Å². The summed E-state index contributed by atoms with van der Waals surface area (Å²) >= 11 is 0. The Morgan fingerprint density at radius 2 is 1.58 bits per heavy atom. The Kier molecular flexibility index (Phi) is 10.5. The van der Waals surface area contributed by atoms with E-state index in [0.717, 1.165) is 16.7 Å². The molecule has 0 spiro atoms. The Labute approximate surface area is 225 Å². The normalized spacial score (nSPS) is 11.3. The van der Waals surface area contributed by atoms with Crippen LogP contribution in [0.15, 0.2) is 78.9 Å². The molecular formula is C32H36O6. The van der Waals surface area contributed by atoms with Crippen LogP contribution in [0.1, 0.15) is 50.8 Å². The number of benzene rings is 3. The van der Waals surface area contributed by atoms with Gasteiger partial charge in [-0.15, -0.1) is 0 Å². The van der Waals surface area contributed by atoms with E-state index in [1.807, 2.05) is 106 Å². The quantitative estimate of drug-likeness (QED) is 0.238. The summed E-state index contributed by atoms with van der Waals surface area (Å²) in [5, 5.41) is 0. The zero-order valence-corrected chi connectivity index (χ0v) is 22.6. The molecule has 0 fully saturated rings. The third-order valence-corrected chi connectivity index (χ3v) is 5.51. The molecule has 6 nitrogen and oxygen atoms in total. The Morgan fingerprint density at radius 3 is 2.26 bits per heavy atom. The van der Waals surface area contributed by atoms with Crippen LogP contribution in [0.4, 0.5) is 0 Å². The number of carbonyl (C=O) groups is 2. The van der Waals surface area contributed by atoms with E-state index in [1.54, 1.807) is 6.92 Å². The molecule has 0 saturated carbocycles. The third-order valence-electron chi connectivity index (χ3n) is 5.51. The van der Waals surface area contributed by atoms with Gasteiger partial charge in [-0.3, -0.25) is 9.59 Å². The monoisotopic (exact) mass is 516 g/mol. The van der Waals surface area contributed by atoms with Gasteiger partial charge in [0, 0.05) is 6.42 Å². The summed E-state index contributed by atoms with van der Waals surface area (Å²) < 4.78 is 22.6. The molecule has 0 unspecified atom stereocenters. The highest BCUT2D eigenvalue weighted by Gasteiger charge is 2.22. The maximum absolute atomic E-state index is 11.9. The van der Waals surface area contributed by atoms with Crippen LogP contribution in [-0.4, -0.2) is 25.2 Å². The Morgan fingerprint density at radius 1 is 0.842 bits per heavy atom. The molecule has 3 aromatic carbocycles. The summed E-state index contributed by atoms with van der Waals surface area (Å²) in [5.74, 6) is 1.36. The molecule has 0 aromatic heterocycles. The summed E-state index contributed by atoms with van der Waals surface area (Å²) in [5.41, 5.74) is 2.43. The van der Waals surface area contributed by atoms with Crippen LogP contribution in [0, 0.1) is 5.41 Å². The Balaban J connectivity index is 1.68. The second-order valence-corrected chi connectivity index (χ2v) is 9.78. The lowest BCUT2D eigenvalue weighted by atomic mass is 9.97. The average Bonchev–Trinajstić information content (AvgIpc) is 2.90. The van der Waals surface area contributed by atoms with Crippen molar-refractivity contribution >= 4 is 18.0 Å². The minimum atomic E-state index is -0.521. The largest absolute Gasteiger partial charge is 0.485 e. The van der Waals surface area contributed by atoms with Crippen molar-refractivity contribution in [2.45, 2.75) is 47.1 Å². The molecule has 0 saturated heterocycles. The second-order valence-electron chi connectivity index (χ2n) is 9.78. The molecule has 0 aliphatic rings. The van der Waals surface area contributed by atoms with E-state index in [1.165, 1.54) is 0 Å². The van der Waals surface area contributed by atoms with Gasteiger partial charge in [0.05, 0.1) is 12.0 Å². The zero-order chi connectivity index (χ0) is 27.4. The minimum Gasteiger partial charge on any atom is -0.485 e. The first-order valence-corrected chi connectivity index (χ1v) is 12.8. The van der Waals surface area contributed by atoms with Crippen molar-refractivity contribution in [2.24, 2.45) is 5.41 Å². The summed E-state index contributed by atoms with van der Waals surface area (Å²) in [7, 11) is 0. The Bertz CT molecular complexity index is 1210. The van der Waals surface area contributed by atoms with Crippen molar-refractivity contribution in [3.63, 3.8) is 0 Å². The van der Waals surface area contributed by atoms with E-state index in [-0.39, 0.29) is 18.5 Å². The van der Waals surface area contributed by atoms with E-state index in [0.29, 0.717) is 43.3 Å². The van der Waals surface area contributed by atoms with Gasteiger partial charge in [0.1, 0.15) is 19.0 Å². The molecule has 0 bridgehead atoms. The first kappa shape index (κ1) is 28.5. The second kappa shape index (κ2) is 14.0. The predicted octanol–water partition coefficient (Wildman–Crippen LogP) is 7.16. The third kappa shape index (κ3) is 9.43. The molecule has 0 heterocycles. The van der Waals surface area contributed by atoms with Crippen molar-refractivity contribution in [3.8, 4) is 17.2 Å². The molecule has 0 amide bonds. The van der Waals surface area contributed by atoms with Crippen LogP contribution in [0.25, 0.3) is 6.08 Å². The molecule has 6 heteroatoms. The van der Waals surface area contributed by atoms with Gasteiger partial charge in [-0.1, -0.05) is 54.6 Å². The van der Waals surface area contributed by atoms with Crippen LogP contribution in [0.3, 0.4) is 0 Å². The molecule has 0 aliphatic heterocycles. The summed E-state index contributed by atoms with van der Waals surface area (Å²) in [6.45, 7) is 8.26. The van der Waals surface area contributed by atoms with E-state index in [2.05, 4.69) is 0 Å². The van der Waals surface area contributed by atoms with Gasteiger partial charge in [-0.2, -0.15) is 0 Å². The molecule has 200 valence electrons. The van der Waals surface area contributed by atoms with Gasteiger partial charge in [0.2, 0.25) is 0 Å². The maximum Gasteiger partial charge on any atom is 0.311 e. The van der Waals surface area contributed by atoms with Crippen molar-refractivity contribution in [1.29, 1.82) is 0 Å². The summed E-state index contributed by atoms with van der Waals surface area (Å²) in [6.07, 6.45) is 4.54.